The number of nitrogens with one attached hydrogen (secondary N) is 1. The molecule has 0 fully saturated rings. The topological polar surface area (TPSA) is 146 Å². The van der Waals surface area contributed by atoms with Gasteiger partial charge in [0, 0.05) is 23.9 Å². The van der Waals surface area contributed by atoms with Crippen molar-refractivity contribution in [3.05, 3.63) is 79.1 Å². The second-order valence-electron chi connectivity index (χ2n) is 5.59. The van der Waals surface area contributed by atoms with Crippen LogP contribution < -0.4 is 5.32 Å². The summed E-state index contributed by atoms with van der Waals surface area (Å²) in [6.45, 7) is 1.57. The molecule has 0 spiro atoms. The average Bonchev–Trinajstić information content (AvgIpc) is 3.04. The van der Waals surface area contributed by atoms with Gasteiger partial charge in [-0.15, -0.1) is 5.10 Å². The third kappa shape index (κ3) is 3.64. The van der Waals surface area contributed by atoms with Crippen molar-refractivity contribution in [2.75, 3.05) is 5.32 Å². The summed E-state index contributed by atoms with van der Waals surface area (Å²) in [5, 5.41) is 32.0. The quantitative estimate of drug-likeness (QED) is 0.508. The lowest BCUT2D eigenvalue weighted by atomic mass is 10.2. The Bertz CT molecular complexity index is 1110. The van der Waals surface area contributed by atoms with Gasteiger partial charge in [-0.3, -0.25) is 25.0 Å². The first-order valence-electron chi connectivity index (χ1n) is 7.70. The van der Waals surface area contributed by atoms with E-state index in [0.717, 1.165) is 6.07 Å². The monoisotopic (exact) mass is 402 g/mol. The lowest BCUT2D eigenvalue weighted by molar-refractivity contribution is -0.384. The number of halogens is 1. The van der Waals surface area contributed by atoms with E-state index in [9.17, 15) is 25.0 Å². The number of rotatable bonds is 5. The van der Waals surface area contributed by atoms with Gasteiger partial charge < -0.3 is 5.32 Å². The van der Waals surface area contributed by atoms with Crippen molar-refractivity contribution in [3.8, 4) is 5.69 Å². The molecule has 0 unspecified atom stereocenters. The molecule has 28 heavy (non-hydrogen) atoms. The third-order valence-electron chi connectivity index (χ3n) is 3.80. The van der Waals surface area contributed by atoms with Gasteiger partial charge in [0.05, 0.1) is 21.2 Å². The third-order valence-corrected chi connectivity index (χ3v) is 4.12. The lowest BCUT2D eigenvalue weighted by Gasteiger charge is -2.06. The summed E-state index contributed by atoms with van der Waals surface area (Å²) in [6, 6.07) is 9.53. The summed E-state index contributed by atoms with van der Waals surface area (Å²) in [5.41, 5.74) is 0.333. The van der Waals surface area contributed by atoms with Crippen molar-refractivity contribution >= 4 is 34.6 Å². The summed E-state index contributed by atoms with van der Waals surface area (Å²) in [7, 11) is 0. The Kier molecular flexibility index (Phi) is 5.00. The standard InChI is InChI=1S/C16H11ClN6O5/c1-9-15(16(24)18-10-5-6-13(17)14(7-10)23(27)28)19-20-21(9)11-3-2-4-12(8-11)22(25)26/h2-8H,1H3,(H,18,24). The van der Waals surface area contributed by atoms with E-state index in [2.05, 4.69) is 15.6 Å². The number of nitro groups is 2. The number of aromatic nitrogens is 3. The van der Waals surface area contributed by atoms with Crippen molar-refractivity contribution in [1.29, 1.82) is 0 Å². The Balaban J connectivity index is 1.89. The second kappa shape index (κ2) is 7.40. The second-order valence-corrected chi connectivity index (χ2v) is 6.00. The van der Waals surface area contributed by atoms with E-state index in [0.29, 0.717) is 11.4 Å². The highest BCUT2D eigenvalue weighted by Crippen LogP contribution is 2.27. The molecule has 1 aromatic heterocycles. The van der Waals surface area contributed by atoms with Crippen LogP contribution in [-0.4, -0.2) is 30.7 Å². The van der Waals surface area contributed by atoms with Gasteiger partial charge in [-0.05, 0) is 25.1 Å². The number of nitrogens with zero attached hydrogens (tertiary/aromatic N) is 5. The number of amides is 1. The molecule has 0 radical (unpaired) electrons. The van der Waals surface area contributed by atoms with Crippen molar-refractivity contribution in [1.82, 2.24) is 15.0 Å². The van der Waals surface area contributed by atoms with Crippen LogP contribution in [-0.2, 0) is 0 Å². The van der Waals surface area contributed by atoms with Crippen LogP contribution in [0.2, 0.25) is 5.02 Å². The molecule has 1 heterocycles. The highest BCUT2D eigenvalue weighted by molar-refractivity contribution is 6.32. The minimum Gasteiger partial charge on any atom is -0.320 e. The van der Waals surface area contributed by atoms with E-state index in [1.54, 1.807) is 13.0 Å². The molecule has 3 aromatic rings. The molecule has 0 saturated carbocycles. The molecular weight excluding hydrogens is 392 g/mol. The summed E-state index contributed by atoms with van der Waals surface area (Å²) in [4.78, 5) is 33.2. The lowest BCUT2D eigenvalue weighted by Crippen LogP contribution is -2.14. The number of hydrogen-bond acceptors (Lipinski definition) is 7. The molecule has 3 rings (SSSR count). The fourth-order valence-electron chi connectivity index (χ4n) is 2.44. The van der Waals surface area contributed by atoms with Gasteiger partial charge in [-0.25, -0.2) is 4.68 Å². The van der Waals surface area contributed by atoms with Crippen LogP contribution in [0.5, 0.6) is 0 Å². The van der Waals surface area contributed by atoms with E-state index in [-0.39, 0.29) is 27.8 Å². The molecular formula is C16H11ClN6O5. The van der Waals surface area contributed by atoms with Crippen LogP contribution in [0, 0.1) is 27.2 Å². The predicted octanol–water partition coefficient (Wildman–Crippen LogP) is 3.30. The van der Waals surface area contributed by atoms with Crippen LogP contribution >= 0.6 is 11.6 Å². The highest BCUT2D eigenvalue weighted by Gasteiger charge is 2.20. The molecule has 0 bridgehead atoms. The Morgan fingerprint density at radius 1 is 1.14 bits per heavy atom. The zero-order valence-electron chi connectivity index (χ0n) is 14.2. The number of benzene rings is 2. The van der Waals surface area contributed by atoms with Crippen molar-refractivity contribution in [3.63, 3.8) is 0 Å². The smallest absolute Gasteiger partial charge is 0.289 e. The van der Waals surface area contributed by atoms with Crippen molar-refractivity contribution in [2.45, 2.75) is 6.92 Å². The molecule has 2 aromatic carbocycles. The Hall–Kier alpha value is -3.86. The highest BCUT2D eigenvalue weighted by atomic mass is 35.5. The number of non-ortho nitro benzene ring substituents is 1. The maximum Gasteiger partial charge on any atom is 0.289 e. The van der Waals surface area contributed by atoms with Gasteiger partial charge in [-0.2, -0.15) is 0 Å². The van der Waals surface area contributed by atoms with E-state index in [4.69, 9.17) is 11.6 Å². The number of carbonyl (C=O) groups is 1. The maximum absolute atomic E-state index is 12.5. The van der Waals surface area contributed by atoms with E-state index < -0.39 is 15.8 Å². The van der Waals surface area contributed by atoms with Gasteiger partial charge in [0.15, 0.2) is 5.69 Å². The van der Waals surface area contributed by atoms with Gasteiger partial charge in [0.1, 0.15) is 5.02 Å². The first-order valence-corrected chi connectivity index (χ1v) is 8.08. The fourth-order valence-corrected chi connectivity index (χ4v) is 2.63. The van der Waals surface area contributed by atoms with Crippen LogP contribution in [0.15, 0.2) is 42.5 Å². The van der Waals surface area contributed by atoms with Gasteiger partial charge in [0.2, 0.25) is 0 Å². The predicted molar refractivity (Wildman–Crippen MR) is 98.8 cm³/mol. The SMILES string of the molecule is Cc1c(C(=O)Nc2ccc(Cl)c([N+](=O)[O-])c2)nnn1-c1cccc([N+](=O)[O-])c1. The largest absolute Gasteiger partial charge is 0.320 e. The van der Waals surface area contributed by atoms with Crippen LogP contribution in [0.25, 0.3) is 5.69 Å². The maximum atomic E-state index is 12.5. The van der Waals surface area contributed by atoms with Crippen LogP contribution in [0.3, 0.4) is 0 Å². The first kappa shape index (κ1) is 18.9. The Morgan fingerprint density at radius 3 is 2.57 bits per heavy atom. The fraction of sp³-hybridized carbons (Fsp3) is 0.0625. The number of hydrogen-bond donors (Lipinski definition) is 1. The summed E-state index contributed by atoms with van der Waals surface area (Å²) >= 11 is 5.75. The number of carbonyl (C=O) groups excluding carboxylic acids is 1. The number of nitro benzene ring substituents is 2. The molecule has 0 aliphatic carbocycles. The normalized spacial score (nSPS) is 10.5. The Labute approximate surface area is 161 Å². The van der Waals surface area contributed by atoms with Gasteiger partial charge in [-0.1, -0.05) is 22.9 Å². The van der Waals surface area contributed by atoms with Crippen molar-refractivity contribution < 1.29 is 14.6 Å². The summed E-state index contributed by atoms with van der Waals surface area (Å²) < 4.78 is 1.28. The molecule has 0 aliphatic heterocycles. The number of anilines is 1. The average molecular weight is 403 g/mol. The van der Waals surface area contributed by atoms with Gasteiger partial charge in [0.25, 0.3) is 17.3 Å². The molecule has 1 amide bonds. The Morgan fingerprint density at radius 2 is 1.89 bits per heavy atom. The van der Waals surface area contributed by atoms with E-state index >= 15 is 0 Å². The minimum absolute atomic E-state index is 0.0379. The molecule has 12 heteroatoms. The van der Waals surface area contributed by atoms with Crippen molar-refractivity contribution in [2.24, 2.45) is 0 Å². The molecule has 11 nitrogen and oxygen atoms in total. The zero-order valence-corrected chi connectivity index (χ0v) is 15.0. The first-order chi connectivity index (χ1) is 13.3. The summed E-state index contributed by atoms with van der Waals surface area (Å²) in [5.74, 6) is -0.647. The molecule has 0 aliphatic rings. The molecule has 142 valence electrons. The zero-order chi connectivity index (χ0) is 20.4. The minimum atomic E-state index is -0.665. The molecule has 1 N–H and O–H groups in total. The van der Waals surface area contributed by atoms with Gasteiger partial charge >= 0.3 is 0 Å². The van der Waals surface area contributed by atoms with E-state index in [1.807, 2.05) is 0 Å². The molecule has 0 atom stereocenters. The van der Waals surface area contributed by atoms with Crippen LogP contribution in [0.4, 0.5) is 17.1 Å². The molecule has 0 saturated heterocycles. The van der Waals surface area contributed by atoms with E-state index in [1.165, 1.54) is 35.0 Å². The van der Waals surface area contributed by atoms with Crippen LogP contribution in [0.1, 0.15) is 16.2 Å². The summed E-state index contributed by atoms with van der Waals surface area (Å²) in [6.07, 6.45) is 0.